The van der Waals surface area contributed by atoms with Gasteiger partial charge in [-0.15, -0.1) is 0 Å². The van der Waals surface area contributed by atoms with Crippen molar-refractivity contribution in [2.24, 2.45) is 0 Å². The van der Waals surface area contributed by atoms with Gasteiger partial charge in [-0.05, 0) is 34.5 Å². The lowest BCUT2D eigenvalue weighted by Crippen LogP contribution is -2.21. The monoisotopic (exact) mass is 381 g/mol. The molecule has 0 aliphatic heterocycles. The van der Waals surface area contributed by atoms with Crippen molar-refractivity contribution in [3.63, 3.8) is 0 Å². The van der Waals surface area contributed by atoms with Gasteiger partial charge in [-0.3, -0.25) is 4.79 Å². The molecule has 3 aromatic carbocycles. The Morgan fingerprint density at radius 1 is 0.931 bits per heavy atom. The molecule has 0 atom stereocenters. The molecular formula is C24H19N3O2. The molecule has 0 radical (unpaired) electrons. The van der Waals surface area contributed by atoms with Crippen molar-refractivity contribution in [1.29, 1.82) is 0 Å². The second-order valence-electron chi connectivity index (χ2n) is 6.97. The maximum atomic E-state index is 13.0. The third-order valence-corrected chi connectivity index (χ3v) is 5.18. The number of hydrogen-bond donors (Lipinski definition) is 0. The fourth-order valence-corrected chi connectivity index (χ4v) is 3.66. The van der Waals surface area contributed by atoms with Crippen LogP contribution in [-0.4, -0.2) is 21.3 Å². The summed E-state index contributed by atoms with van der Waals surface area (Å²) in [7, 11) is 1.64. The Balaban J connectivity index is 1.57. The van der Waals surface area contributed by atoms with Crippen LogP contribution in [0.4, 0.5) is 0 Å². The van der Waals surface area contributed by atoms with Gasteiger partial charge < -0.3 is 9.30 Å². The first-order valence-corrected chi connectivity index (χ1v) is 9.43. The molecule has 0 aliphatic carbocycles. The Morgan fingerprint density at radius 3 is 2.55 bits per heavy atom. The van der Waals surface area contributed by atoms with E-state index in [4.69, 9.17) is 4.74 Å². The molecule has 5 nitrogen and oxygen atoms in total. The van der Waals surface area contributed by atoms with Gasteiger partial charge in [-0.1, -0.05) is 54.6 Å². The normalized spacial score (nSPS) is 11.2. The van der Waals surface area contributed by atoms with E-state index >= 15 is 0 Å². The molecule has 2 aromatic heterocycles. The quantitative estimate of drug-likeness (QED) is 0.464. The van der Waals surface area contributed by atoms with E-state index < -0.39 is 0 Å². The molecule has 0 saturated carbocycles. The second kappa shape index (κ2) is 6.95. The highest BCUT2D eigenvalue weighted by Gasteiger charge is 2.11. The minimum atomic E-state index is -0.0673. The molecule has 0 unspecified atom stereocenters. The van der Waals surface area contributed by atoms with E-state index in [-0.39, 0.29) is 5.56 Å². The highest BCUT2D eigenvalue weighted by atomic mass is 16.5. The van der Waals surface area contributed by atoms with Crippen LogP contribution >= 0.6 is 0 Å². The van der Waals surface area contributed by atoms with Crippen molar-refractivity contribution in [3.05, 3.63) is 101 Å². The van der Waals surface area contributed by atoms with Crippen LogP contribution in [0, 0.1) is 0 Å². The van der Waals surface area contributed by atoms with Crippen molar-refractivity contribution in [2.75, 3.05) is 7.11 Å². The van der Waals surface area contributed by atoms with Crippen LogP contribution in [0.2, 0.25) is 0 Å². The van der Waals surface area contributed by atoms with Crippen molar-refractivity contribution in [2.45, 2.75) is 6.54 Å². The third kappa shape index (κ3) is 3.06. The summed E-state index contributed by atoms with van der Waals surface area (Å²) >= 11 is 0. The number of ether oxygens (including phenoxy) is 1. The molecule has 5 rings (SSSR count). The van der Waals surface area contributed by atoms with Crippen LogP contribution in [0.15, 0.2) is 90.0 Å². The summed E-state index contributed by atoms with van der Waals surface area (Å²) in [4.78, 5) is 13.0. The van der Waals surface area contributed by atoms with E-state index in [1.54, 1.807) is 22.4 Å². The second-order valence-corrected chi connectivity index (χ2v) is 6.97. The Morgan fingerprint density at radius 2 is 1.72 bits per heavy atom. The maximum absolute atomic E-state index is 13.0. The average Bonchev–Trinajstić information content (AvgIpc) is 3.21. The third-order valence-electron chi connectivity index (χ3n) is 5.18. The van der Waals surface area contributed by atoms with Gasteiger partial charge in [0.25, 0.3) is 5.56 Å². The molecule has 5 heteroatoms. The summed E-state index contributed by atoms with van der Waals surface area (Å²) in [6, 6.07) is 23.9. The van der Waals surface area contributed by atoms with Crippen LogP contribution in [0.3, 0.4) is 0 Å². The van der Waals surface area contributed by atoms with Crippen molar-refractivity contribution < 1.29 is 4.74 Å². The number of aromatic nitrogens is 3. The molecule has 0 bridgehead atoms. The zero-order valence-electron chi connectivity index (χ0n) is 15.9. The maximum Gasteiger partial charge on any atom is 0.276 e. The predicted octanol–water partition coefficient (Wildman–Crippen LogP) is 4.37. The van der Waals surface area contributed by atoms with Crippen LogP contribution in [0.1, 0.15) is 5.56 Å². The first-order chi connectivity index (χ1) is 14.2. The largest absolute Gasteiger partial charge is 0.497 e. The molecular weight excluding hydrogens is 362 g/mol. The molecule has 0 spiro atoms. The molecule has 0 aliphatic rings. The van der Waals surface area contributed by atoms with Crippen LogP contribution < -0.4 is 10.3 Å². The van der Waals surface area contributed by atoms with Crippen LogP contribution in [0.25, 0.3) is 27.5 Å². The number of rotatable bonds is 4. The zero-order chi connectivity index (χ0) is 19.8. The Kier molecular flexibility index (Phi) is 4.13. The first-order valence-electron chi connectivity index (χ1n) is 9.43. The molecule has 29 heavy (non-hydrogen) atoms. The number of benzene rings is 3. The number of nitrogens with zero attached hydrogens (tertiary/aromatic N) is 3. The Bertz CT molecular complexity index is 1380. The van der Waals surface area contributed by atoms with Crippen LogP contribution in [-0.2, 0) is 6.54 Å². The Labute approximate surface area is 167 Å². The predicted molar refractivity (Wildman–Crippen MR) is 114 cm³/mol. The van der Waals surface area contributed by atoms with E-state index in [9.17, 15) is 4.79 Å². The van der Waals surface area contributed by atoms with Gasteiger partial charge in [-0.2, -0.15) is 5.10 Å². The van der Waals surface area contributed by atoms with Gasteiger partial charge in [0.1, 0.15) is 11.3 Å². The molecule has 5 aromatic rings. The van der Waals surface area contributed by atoms with Crippen molar-refractivity contribution >= 4 is 16.3 Å². The molecule has 0 N–H and O–H groups in total. The SMILES string of the molecule is COc1ccc(Cn2ccn3nc(-c4cccc5ccccc45)cc3c2=O)cc1. The fraction of sp³-hybridized carbons (Fsp3) is 0.0833. The highest BCUT2D eigenvalue weighted by molar-refractivity contribution is 5.96. The summed E-state index contributed by atoms with van der Waals surface area (Å²) in [6.07, 6.45) is 3.61. The van der Waals surface area contributed by atoms with Gasteiger partial charge >= 0.3 is 0 Å². The lowest BCUT2D eigenvalue weighted by Gasteiger charge is -2.07. The summed E-state index contributed by atoms with van der Waals surface area (Å²) in [5, 5.41) is 6.93. The van der Waals surface area contributed by atoms with E-state index in [2.05, 4.69) is 23.3 Å². The van der Waals surface area contributed by atoms with E-state index in [1.165, 1.54) is 0 Å². The van der Waals surface area contributed by atoms with Crippen molar-refractivity contribution in [1.82, 2.24) is 14.2 Å². The summed E-state index contributed by atoms with van der Waals surface area (Å²) in [6.45, 7) is 0.494. The molecule has 2 heterocycles. The molecule has 0 amide bonds. The number of fused-ring (bicyclic) bond motifs is 2. The van der Waals surface area contributed by atoms with Crippen LogP contribution in [0.5, 0.6) is 5.75 Å². The van der Waals surface area contributed by atoms with Crippen molar-refractivity contribution in [3.8, 4) is 17.0 Å². The summed E-state index contributed by atoms with van der Waals surface area (Å²) in [5.74, 6) is 0.798. The number of methoxy groups -OCH3 is 1. The minimum Gasteiger partial charge on any atom is -0.497 e. The summed E-state index contributed by atoms with van der Waals surface area (Å²) in [5.41, 5.74) is 3.34. The summed E-state index contributed by atoms with van der Waals surface area (Å²) < 4.78 is 8.55. The minimum absolute atomic E-state index is 0.0673. The smallest absolute Gasteiger partial charge is 0.276 e. The topological polar surface area (TPSA) is 48.5 Å². The van der Waals surface area contributed by atoms with E-state index in [1.807, 2.05) is 60.8 Å². The lowest BCUT2D eigenvalue weighted by atomic mass is 10.0. The van der Waals surface area contributed by atoms with Gasteiger partial charge in [-0.25, -0.2) is 4.52 Å². The molecule has 0 fully saturated rings. The average molecular weight is 381 g/mol. The van der Waals surface area contributed by atoms with E-state index in [0.29, 0.717) is 12.1 Å². The fourth-order valence-electron chi connectivity index (χ4n) is 3.66. The zero-order valence-corrected chi connectivity index (χ0v) is 15.9. The first kappa shape index (κ1) is 17.3. The van der Waals surface area contributed by atoms with Gasteiger partial charge in [0.05, 0.1) is 19.3 Å². The van der Waals surface area contributed by atoms with E-state index in [0.717, 1.165) is 33.3 Å². The van der Waals surface area contributed by atoms with Gasteiger partial charge in [0.2, 0.25) is 0 Å². The van der Waals surface area contributed by atoms with Gasteiger partial charge in [0.15, 0.2) is 0 Å². The number of hydrogen-bond acceptors (Lipinski definition) is 3. The molecule has 142 valence electrons. The van der Waals surface area contributed by atoms with Gasteiger partial charge in [0, 0.05) is 18.0 Å². The Hall–Kier alpha value is -3.86. The lowest BCUT2D eigenvalue weighted by molar-refractivity contribution is 0.414. The standard InChI is InChI=1S/C24H19N3O2/c1-29-19-11-9-17(10-12-19)16-26-13-14-27-23(24(26)28)15-22(25-27)21-8-4-6-18-5-2-3-7-20(18)21/h2-15H,16H2,1H3. The molecule has 0 saturated heterocycles. The highest BCUT2D eigenvalue weighted by Crippen LogP contribution is 2.27.